The molecule has 0 spiro atoms. The first-order valence-corrected chi connectivity index (χ1v) is 12.7. The van der Waals surface area contributed by atoms with Crippen molar-refractivity contribution in [1.29, 1.82) is 0 Å². The lowest BCUT2D eigenvalue weighted by molar-refractivity contribution is 0.00578. The first-order valence-electron chi connectivity index (χ1n) is 11.1. The Morgan fingerprint density at radius 3 is 1.36 bits per heavy atom. The number of benzene rings is 2. The molecule has 2 aromatic rings. The minimum atomic E-state index is -0.312. The van der Waals surface area contributed by atoms with Crippen LogP contribution < -0.4 is 11.5 Å². The van der Waals surface area contributed by atoms with Gasteiger partial charge >= 0.3 is 7.12 Å². The van der Waals surface area contributed by atoms with Crippen LogP contribution in [0.3, 0.4) is 0 Å². The summed E-state index contributed by atoms with van der Waals surface area (Å²) < 4.78 is 38.2. The third-order valence-corrected chi connectivity index (χ3v) is 7.08. The van der Waals surface area contributed by atoms with Crippen molar-refractivity contribution in [1.82, 2.24) is 0 Å². The van der Waals surface area contributed by atoms with E-state index in [0.29, 0.717) is 31.4 Å². The van der Waals surface area contributed by atoms with Gasteiger partial charge in [0.2, 0.25) is 0 Å². The zero-order chi connectivity index (χ0) is 28.2. The summed E-state index contributed by atoms with van der Waals surface area (Å²) in [7, 11) is -0.241. The lowest BCUT2D eigenvalue weighted by Gasteiger charge is -2.32. The maximum Gasteiger partial charge on any atom is 0.489 e. The Bertz CT molecular complexity index is 1090. The first-order chi connectivity index (χ1) is 16.3. The van der Waals surface area contributed by atoms with Crippen molar-refractivity contribution in [3.63, 3.8) is 0 Å². The molecule has 0 amide bonds. The molecule has 1 heterocycles. The predicted molar refractivity (Wildman–Crippen MR) is 157 cm³/mol. The van der Waals surface area contributed by atoms with Crippen molar-refractivity contribution in [2.75, 3.05) is 11.5 Å². The SMILES string of the molecule is C=C(C)B1OC(C)(C)C(C)(C)O1.C=C(C)c1cc(F)cc(C(=C)C)c1N.Nc1c(Br)cc(F)cc1Br. The van der Waals surface area contributed by atoms with Gasteiger partial charge in [0, 0.05) is 25.8 Å². The average molecular weight is 628 g/mol. The van der Waals surface area contributed by atoms with E-state index in [4.69, 9.17) is 20.8 Å². The van der Waals surface area contributed by atoms with Crippen LogP contribution in [-0.2, 0) is 9.31 Å². The monoisotopic (exact) mass is 626 g/mol. The number of hydrogen-bond acceptors (Lipinski definition) is 4. The van der Waals surface area contributed by atoms with Crippen LogP contribution in [0.2, 0.25) is 0 Å². The van der Waals surface area contributed by atoms with Crippen LogP contribution in [0.5, 0.6) is 0 Å². The van der Waals surface area contributed by atoms with E-state index in [9.17, 15) is 8.78 Å². The van der Waals surface area contributed by atoms with Crippen molar-refractivity contribution in [3.05, 3.63) is 81.2 Å². The second-order valence-electron chi connectivity index (χ2n) is 9.69. The summed E-state index contributed by atoms with van der Waals surface area (Å²) in [6, 6.07) is 5.42. The fourth-order valence-corrected chi connectivity index (χ4v) is 4.05. The molecule has 0 radical (unpaired) electrons. The van der Waals surface area contributed by atoms with Gasteiger partial charge in [0.1, 0.15) is 11.6 Å². The molecule has 0 atom stereocenters. The van der Waals surface area contributed by atoms with Gasteiger partial charge in [-0.15, -0.1) is 6.58 Å². The highest BCUT2D eigenvalue weighted by Crippen LogP contribution is 2.38. The first kappa shape index (κ1) is 32.1. The standard InChI is InChI=1S/C12H14FN.C9H17BO2.C6H4Br2FN/c1-7(2)10-5-9(13)6-11(8(3)4)12(10)14;1-7(2)10-11-8(3,4)9(5,6)12-10;7-4-1-3(9)2-5(8)6(4)10/h5-6H,1,3,14H2,2,4H3;1H2,2-6H3;1-2H,10H2. The third-order valence-electron chi connectivity index (χ3n) is 5.76. The van der Waals surface area contributed by atoms with Crippen LogP contribution >= 0.6 is 31.9 Å². The molecule has 1 aliphatic heterocycles. The molecule has 0 bridgehead atoms. The van der Waals surface area contributed by atoms with Crippen LogP contribution in [0.1, 0.15) is 59.6 Å². The summed E-state index contributed by atoms with van der Waals surface area (Å²) in [5.41, 5.74) is 15.7. The molecule has 0 aromatic heterocycles. The highest BCUT2D eigenvalue weighted by molar-refractivity contribution is 9.11. The van der Waals surface area contributed by atoms with Crippen molar-refractivity contribution in [2.24, 2.45) is 0 Å². The van der Waals surface area contributed by atoms with E-state index in [0.717, 1.165) is 16.6 Å². The second kappa shape index (κ2) is 12.5. The van der Waals surface area contributed by atoms with Crippen LogP contribution in [0.25, 0.3) is 11.1 Å². The molecule has 4 N–H and O–H groups in total. The van der Waals surface area contributed by atoms with E-state index in [2.05, 4.69) is 51.6 Å². The lowest BCUT2D eigenvalue weighted by atomic mass is 9.81. The number of anilines is 2. The van der Waals surface area contributed by atoms with Crippen LogP contribution in [0.15, 0.2) is 58.4 Å². The predicted octanol–water partition coefficient (Wildman–Crippen LogP) is 8.60. The molecule has 1 saturated heterocycles. The molecule has 0 aliphatic carbocycles. The Labute approximate surface area is 231 Å². The quantitative estimate of drug-likeness (QED) is 0.264. The van der Waals surface area contributed by atoms with E-state index < -0.39 is 0 Å². The van der Waals surface area contributed by atoms with Gasteiger partial charge < -0.3 is 20.8 Å². The van der Waals surface area contributed by atoms with Gasteiger partial charge in [-0.05, 0) is 116 Å². The van der Waals surface area contributed by atoms with E-state index in [1.54, 1.807) is 13.8 Å². The van der Waals surface area contributed by atoms with Crippen molar-refractivity contribution < 1.29 is 18.1 Å². The number of hydrogen-bond donors (Lipinski definition) is 2. The van der Waals surface area contributed by atoms with Crippen LogP contribution in [0.4, 0.5) is 20.2 Å². The summed E-state index contributed by atoms with van der Waals surface area (Å²) in [5, 5.41) is 0. The number of allylic oxidation sites excluding steroid dienone is 3. The lowest BCUT2D eigenvalue weighted by Crippen LogP contribution is -2.41. The molecular formula is C27H35BBr2F2N2O2. The summed E-state index contributed by atoms with van der Waals surface area (Å²) in [6.07, 6.45) is 0. The smallest absolute Gasteiger partial charge is 0.400 e. The molecule has 9 heteroatoms. The normalized spacial score (nSPS) is 15.2. The largest absolute Gasteiger partial charge is 0.489 e. The molecular weight excluding hydrogens is 593 g/mol. The maximum atomic E-state index is 13.2. The Hall–Kier alpha value is -1.94. The molecule has 4 nitrogen and oxygen atoms in total. The fraction of sp³-hybridized carbons (Fsp3) is 0.333. The zero-order valence-corrected chi connectivity index (χ0v) is 25.2. The minimum absolute atomic E-state index is 0.239. The Morgan fingerprint density at radius 1 is 0.750 bits per heavy atom. The second-order valence-corrected chi connectivity index (χ2v) is 11.4. The molecule has 1 fully saturated rings. The highest BCUT2D eigenvalue weighted by atomic mass is 79.9. The van der Waals surface area contributed by atoms with Crippen LogP contribution in [-0.4, -0.2) is 18.3 Å². The zero-order valence-electron chi connectivity index (χ0n) is 22.0. The van der Waals surface area contributed by atoms with Crippen molar-refractivity contribution in [2.45, 2.75) is 59.7 Å². The van der Waals surface area contributed by atoms with Gasteiger partial charge in [0.25, 0.3) is 0 Å². The Balaban J connectivity index is 0.000000274. The number of rotatable bonds is 3. The Morgan fingerprint density at radius 2 is 1.08 bits per heavy atom. The molecule has 0 unspecified atom stereocenters. The number of nitrogens with two attached hydrogens (primary N) is 2. The van der Waals surface area contributed by atoms with E-state index >= 15 is 0 Å². The van der Waals surface area contributed by atoms with Gasteiger partial charge in [-0.25, -0.2) is 8.78 Å². The minimum Gasteiger partial charge on any atom is -0.400 e. The van der Waals surface area contributed by atoms with Gasteiger partial charge in [-0.1, -0.05) is 18.6 Å². The van der Waals surface area contributed by atoms with Gasteiger partial charge in [0.15, 0.2) is 0 Å². The molecule has 0 saturated carbocycles. The summed E-state index contributed by atoms with van der Waals surface area (Å²) >= 11 is 6.20. The summed E-state index contributed by atoms with van der Waals surface area (Å²) in [6.45, 7) is 25.0. The van der Waals surface area contributed by atoms with Crippen molar-refractivity contribution in [3.8, 4) is 0 Å². The average Bonchev–Trinajstić information content (AvgIpc) is 2.95. The summed E-state index contributed by atoms with van der Waals surface area (Å²) in [4.78, 5) is 0. The van der Waals surface area contributed by atoms with E-state index in [-0.39, 0.29) is 30.0 Å². The van der Waals surface area contributed by atoms with Gasteiger partial charge in [0.05, 0.1) is 16.9 Å². The molecule has 36 heavy (non-hydrogen) atoms. The topological polar surface area (TPSA) is 70.5 Å². The molecule has 3 rings (SSSR count). The van der Waals surface area contributed by atoms with Gasteiger partial charge in [-0.3, -0.25) is 0 Å². The molecule has 1 aliphatic rings. The van der Waals surface area contributed by atoms with Gasteiger partial charge in [-0.2, -0.15) is 0 Å². The van der Waals surface area contributed by atoms with Crippen LogP contribution in [0, 0.1) is 11.6 Å². The van der Waals surface area contributed by atoms with Crippen molar-refractivity contribution >= 4 is 61.5 Å². The maximum absolute atomic E-state index is 13.2. The fourth-order valence-electron chi connectivity index (χ4n) is 2.92. The highest BCUT2D eigenvalue weighted by Gasteiger charge is 2.51. The molecule has 196 valence electrons. The van der Waals surface area contributed by atoms with E-state index in [1.807, 2.05) is 34.6 Å². The number of halogens is 4. The summed E-state index contributed by atoms with van der Waals surface area (Å²) in [5.74, 6) is -0.622. The van der Waals surface area contributed by atoms with E-state index in [1.165, 1.54) is 24.3 Å². The Kier molecular flexibility index (Phi) is 11.2. The molecule has 2 aromatic carbocycles. The third kappa shape index (κ3) is 8.30. The number of nitrogen functional groups attached to an aromatic ring is 2.